The smallest absolute Gasteiger partial charge is 0.326 e. The number of unbranched alkanes of at least 4 members (excludes halogenated alkanes) is 3. The van der Waals surface area contributed by atoms with Crippen LogP contribution in [0.3, 0.4) is 0 Å². The molecule has 13 heteroatoms. The van der Waals surface area contributed by atoms with Gasteiger partial charge in [-0.25, -0.2) is 9.69 Å². The number of halogens is 3. The van der Waals surface area contributed by atoms with Crippen molar-refractivity contribution in [2.75, 3.05) is 48.3 Å². The zero-order valence-electron chi connectivity index (χ0n) is 24.2. The van der Waals surface area contributed by atoms with E-state index >= 15 is 0 Å². The first-order valence-electron chi connectivity index (χ1n) is 14.2. The minimum atomic E-state index is -4.80. The third kappa shape index (κ3) is 7.98. The van der Waals surface area contributed by atoms with Gasteiger partial charge in [0.1, 0.15) is 0 Å². The van der Waals surface area contributed by atoms with E-state index in [0.29, 0.717) is 43.3 Å². The molecule has 1 aromatic carbocycles. The van der Waals surface area contributed by atoms with Crippen molar-refractivity contribution >= 4 is 40.8 Å². The SMILES string of the molecule is CC(=O)Nc1ccc(N2C(=O)C(C)=C(CCCCCCN3CCN(C(=O)Nc4ccncc4)CC3)C2=O)cc1C(F)(F)F. The fraction of sp³-hybridized carbons (Fsp3) is 0.433. The van der Waals surface area contributed by atoms with Crippen LogP contribution in [-0.4, -0.2) is 71.3 Å². The normalized spacial score (nSPS) is 16.2. The van der Waals surface area contributed by atoms with Gasteiger partial charge in [-0.15, -0.1) is 0 Å². The highest BCUT2D eigenvalue weighted by Crippen LogP contribution is 2.39. The van der Waals surface area contributed by atoms with Crippen molar-refractivity contribution in [2.24, 2.45) is 0 Å². The van der Waals surface area contributed by atoms with Crippen LogP contribution in [0.15, 0.2) is 53.9 Å². The lowest BCUT2D eigenvalue weighted by Crippen LogP contribution is -2.50. The van der Waals surface area contributed by atoms with Crippen molar-refractivity contribution in [1.82, 2.24) is 14.8 Å². The molecule has 2 aromatic rings. The van der Waals surface area contributed by atoms with Crippen molar-refractivity contribution in [1.29, 1.82) is 0 Å². The Morgan fingerprint density at radius 3 is 2.23 bits per heavy atom. The van der Waals surface area contributed by atoms with Crippen molar-refractivity contribution in [3.63, 3.8) is 0 Å². The van der Waals surface area contributed by atoms with Crippen LogP contribution in [-0.2, 0) is 20.6 Å². The third-order valence-electron chi connectivity index (χ3n) is 7.56. The lowest BCUT2D eigenvalue weighted by atomic mass is 10.0. The Hall–Kier alpha value is -4.26. The number of aromatic nitrogens is 1. The van der Waals surface area contributed by atoms with Crippen LogP contribution in [0.2, 0.25) is 0 Å². The zero-order valence-corrected chi connectivity index (χ0v) is 24.2. The second kappa shape index (κ2) is 13.8. The lowest BCUT2D eigenvalue weighted by Gasteiger charge is -2.34. The van der Waals surface area contributed by atoms with Gasteiger partial charge in [-0.1, -0.05) is 12.8 Å². The second-order valence-electron chi connectivity index (χ2n) is 10.6. The topological polar surface area (TPSA) is 115 Å². The van der Waals surface area contributed by atoms with Gasteiger partial charge in [0, 0.05) is 62.3 Å². The van der Waals surface area contributed by atoms with Crippen LogP contribution in [0.4, 0.5) is 35.0 Å². The number of nitrogens with zero attached hydrogens (tertiary/aromatic N) is 4. The molecule has 0 aliphatic carbocycles. The Balaban J connectivity index is 1.21. The van der Waals surface area contributed by atoms with Gasteiger partial charge < -0.3 is 15.5 Å². The van der Waals surface area contributed by atoms with Crippen molar-refractivity contribution in [3.05, 3.63) is 59.4 Å². The molecule has 3 heterocycles. The number of carbonyl (C=O) groups excluding carboxylic acids is 4. The highest BCUT2D eigenvalue weighted by molar-refractivity contribution is 6.32. The molecule has 0 unspecified atom stereocenters. The van der Waals surface area contributed by atoms with E-state index in [1.807, 2.05) is 0 Å². The molecule has 4 rings (SSSR count). The first-order chi connectivity index (χ1) is 20.5. The summed E-state index contributed by atoms with van der Waals surface area (Å²) in [6.07, 6.45) is 2.16. The van der Waals surface area contributed by atoms with Gasteiger partial charge in [0.15, 0.2) is 0 Å². The predicted octanol–water partition coefficient (Wildman–Crippen LogP) is 5.05. The van der Waals surface area contributed by atoms with Crippen molar-refractivity contribution < 1.29 is 32.3 Å². The van der Waals surface area contributed by atoms with Crippen LogP contribution >= 0.6 is 0 Å². The van der Waals surface area contributed by atoms with Gasteiger partial charge in [0.05, 0.1) is 16.9 Å². The quantitative estimate of drug-likeness (QED) is 0.292. The molecule has 2 aliphatic rings. The van der Waals surface area contributed by atoms with Crippen molar-refractivity contribution in [3.8, 4) is 0 Å². The van der Waals surface area contributed by atoms with Crippen molar-refractivity contribution in [2.45, 2.75) is 52.1 Å². The second-order valence-corrected chi connectivity index (χ2v) is 10.6. The summed E-state index contributed by atoms with van der Waals surface area (Å²) in [5.41, 5.74) is -0.526. The highest BCUT2D eigenvalue weighted by atomic mass is 19.4. The largest absolute Gasteiger partial charge is 0.418 e. The lowest BCUT2D eigenvalue weighted by molar-refractivity contribution is -0.137. The molecule has 0 atom stereocenters. The maximum Gasteiger partial charge on any atom is 0.418 e. The predicted molar refractivity (Wildman–Crippen MR) is 155 cm³/mol. The molecule has 230 valence electrons. The van der Waals surface area contributed by atoms with E-state index < -0.39 is 35.1 Å². The van der Waals surface area contributed by atoms with Gasteiger partial charge >= 0.3 is 12.2 Å². The summed E-state index contributed by atoms with van der Waals surface area (Å²) in [4.78, 5) is 58.6. The Labute approximate surface area is 247 Å². The molecule has 2 N–H and O–H groups in total. The van der Waals surface area contributed by atoms with E-state index in [1.54, 1.807) is 29.4 Å². The molecular weight excluding hydrogens is 565 g/mol. The molecule has 0 spiro atoms. The molecule has 43 heavy (non-hydrogen) atoms. The standard InChI is InChI=1S/C30H35F3N6O4/c1-20-24(28(42)39(27(20)41)23-8-9-26(35-21(2)40)25(19-23)30(31,32)33)7-5-3-4-6-14-37-15-17-38(18-16-37)29(43)36-22-10-12-34-13-11-22/h8-13,19H,3-7,14-18H2,1-2H3,(H,35,40)(H,34,36,43). The molecule has 0 bridgehead atoms. The number of benzene rings is 1. The van der Waals surface area contributed by atoms with Crippen LogP contribution < -0.4 is 15.5 Å². The maximum absolute atomic E-state index is 13.7. The summed E-state index contributed by atoms with van der Waals surface area (Å²) in [6, 6.07) is 6.33. The number of nitrogens with one attached hydrogen (secondary N) is 2. The van der Waals surface area contributed by atoms with E-state index in [2.05, 4.69) is 20.5 Å². The summed E-state index contributed by atoms with van der Waals surface area (Å²) in [6.45, 7) is 6.34. The van der Waals surface area contributed by atoms with E-state index in [-0.39, 0.29) is 17.3 Å². The summed E-state index contributed by atoms with van der Waals surface area (Å²) < 4.78 is 41.0. The highest BCUT2D eigenvalue weighted by Gasteiger charge is 2.39. The first-order valence-corrected chi connectivity index (χ1v) is 14.2. The average Bonchev–Trinajstić information content (AvgIpc) is 3.17. The summed E-state index contributed by atoms with van der Waals surface area (Å²) >= 11 is 0. The van der Waals surface area contributed by atoms with E-state index in [9.17, 15) is 32.3 Å². The van der Waals surface area contributed by atoms with Gasteiger partial charge in [-0.05, 0) is 63.1 Å². The summed E-state index contributed by atoms with van der Waals surface area (Å²) in [5, 5.41) is 5.01. The minimum absolute atomic E-state index is 0.128. The number of urea groups is 1. The number of anilines is 3. The van der Waals surface area contributed by atoms with E-state index in [4.69, 9.17) is 0 Å². The molecule has 1 fully saturated rings. The number of rotatable bonds is 10. The van der Waals surface area contributed by atoms with Gasteiger partial charge in [0.25, 0.3) is 11.8 Å². The van der Waals surface area contributed by atoms with Gasteiger partial charge in [-0.2, -0.15) is 13.2 Å². The number of pyridine rings is 1. The molecule has 0 saturated carbocycles. The fourth-order valence-corrected chi connectivity index (χ4v) is 5.22. The summed E-state index contributed by atoms with van der Waals surface area (Å²) in [7, 11) is 0. The van der Waals surface area contributed by atoms with Gasteiger partial charge in [-0.3, -0.25) is 24.3 Å². The molecule has 2 aliphatic heterocycles. The number of hydrogen-bond donors (Lipinski definition) is 2. The zero-order chi connectivity index (χ0) is 31.1. The fourth-order valence-electron chi connectivity index (χ4n) is 5.22. The maximum atomic E-state index is 13.7. The molecular formula is C30H35F3N6O4. The Morgan fingerprint density at radius 1 is 0.907 bits per heavy atom. The number of carbonyl (C=O) groups is 4. The average molecular weight is 601 g/mol. The number of amides is 5. The van der Waals surface area contributed by atoms with E-state index in [0.717, 1.165) is 56.8 Å². The number of alkyl halides is 3. The molecule has 0 radical (unpaired) electrons. The monoisotopic (exact) mass is 600 g/mol. The van der Waals surface area contributed by atoms with Crippen LogP contribution in [0, 0.1) is 0 Å². The molecule has 1 saturated heterocycles. The van der Waals surface area contributed by atoms with Crippen LogP contribution in [0.5, 0.6) is 0 Å². The van der Waals surface area contributed by atoms with Gasteiger partial charge in [0.2, 0.25) is 5.91 Å². The number of hydrogen-bond acceptors (Lipinski definition) is 6. The first kappa shape index (κ1) is 31.7. The third-order valence-corrected chi connectivity index (χ3v) is 7.56. The minimum Gasteiger partial charge on any atom is -0.326 e. The van der Waals surface area contributed by atoms with Crippen LogP contribution in [0.1, 0.15) is 51.5 Å². The van der Waals surface area contributed by atoms with Crippen LogP contribution in [0.25, 0.3) is 0 Å². The Kier molecular flexibility index (Phi) is 10.2. The Morgan fingerprint density at radius 2 is 1.58 bits per heavy atom. The Bertz CT molecular complexity index is 1390. The number of imide groups is 1. The van der Waals surface area contributed by atoms with E-state index in [1.165, 1.54) is 13.0 Å². The molecule has 10 nitrogen and oxygen atoms in total. The summed E-state index contributed by atoms with van der Waals surface area (Å²) in [5.74, 6) is -1.93. The number of piperazine rings is 1. The molecule has 1 aromatic heterocycles. The molecule has 5 amide bonds.